The van der Waals surface area contributed by atoms with Gasteiger partial charge in [-0.15, -0.1) is 0 Å². The summed E-state index contributed by atoms with van der Waals surface area (Å²) in [7, 11) is 1.58. The van der Waals surface area contributed by atoms with E-state index in [0.29, 0.717) is 31.1 Å². The fourth-order valence-electron chi connectivity index (χ4n) is 2.56. The molecule has 21 heavy (non-hydrogen) atoms. The fourth-order valence-corrected chi connectivity index (χ4v) is 2.56. The summed E-state index contributed by atoms with van der Waals surface area (Å²) in [5, 5.41) is 2.83. The van der Waals surface area contributed by atoms with Crippen molar-refractivity contribution >= 4 is 17.5 Å². The molecule has 2 amide bonds. The van der Waals surface area contributed by atoms with E-state index in [9.17, 15) is 9.59 Å². The Kier molecular flexibility index (Phi) is 4.83. The van der Waals surface area contributed by atoms with Crippen molar-refractivity contribution < 1.29 is 14.3 Å². The van der Waals surface area contributed by atoms with Gasteiger partial charge >= 0.3 is 0 Å². The SMILES string of the molecule is COc1ccccc1N1CCC(=O)NC(CC(C)C)C1=O. The van der Waals surface area contributed by atoms with E-state index < -0.39 is 6.04 Å². The highest BCUT2D eigenvalue weighted by atomic mass is 16.5. The number of benzene rings is 1. The quantitative estimate of drug-likeness (QED) is 0.922. The standard InChI is InChI=1S/C16H22N2O3/c1-11(2)10-12-16(20)18(9-8-15(19)17-12)13-6-4-5-7-14(13)21-3/h4-7,11-12H,8-10H2,1-3H3,(H,17,19). The molecule has 0 bridgehead atoms. The molecule has 0 spiro atoms. The molecule has 114 valence electrons. The second-order valence-electron chi connectivity index (χ2n) is 5.66. The second-order valence-corrected chi connectivity index (χ2v) is 5.66. The number of para-hydroxylation sites is 2. The first-order chi connectivity index (χ1) is 10.0. The van der Waals surface area contributed by atoms with Gasteiger partial charge < -0.3 is 15.0 Å². The van der Waals surface area contributed by atoms with Gasteiger partial charge in [-0.05, 0) is 24.5 Å². The monoisotopic (exact) mass is 290 g/mol. The van der Waals surface area contributed by atoms with Crippen LogP contribution in [0.15, 0.2) is 24.3 Å². The Hall–Kier alpha value is -2.04. The van der Waals surface area contributed by atoms with Gasteiger partial charge in [0.25, 0.3) is 0 Å². The third kappa shape index (κ3) is 3.54. The Morgan fingerprint density at radius 1 is 1.33 bits per heavy atom. The lowest BCUT2D eigenvalue weighted by Gasteiger charge is -2.26. The van der Waals surface area contributed by atoms with E-state index in [1.165, 1.54) is 0 Å². The number of rotatable bonds is 4. The normalized spacial score (nSPS) is 19.4. The summed E-state index contributed by atoms with van der Waals surface area (Å²) in [5.74, 6) is 0.825. The van der Waals surface area contributed by atoms with E-state index >= 15 is 0 Å². The molecule has 5 heteroatoms. The van der Waals surface area contributed by atoms with Gasteiger partial charge in [0.15, 0.2) is 0 Å². The molecule has 1 aromatic rings. The summed E-state index contributed by atoms with van der Waals surface area (Å²) < 4.78 is 5.33. The number of hydrogen-bond donors (Lipinski definition) is 1. The van der Waals surface area contributed by atoms with Crippen LogP contribution in [0.1, 0.15) is 26.7 Å². The molecular weight excluding hydrogens is 268 g/mol. The zero-order valence-electron chi connectivity index (χ0n) is 12.8. The molecule has 0 radical (unpaired) electrons. The van der Waals surface area contributed by atoms with Gasteiger partial charge in [-0.2, -0.15) is 0 Å². The maximum Gasteiger partial charge on any atom is 0.249 e. The van der Waals surface area contributed by atoms with Crippen molar-refractivity contribution in [2.75, 3.05) is 18.6 Å². The number of anilines is 1. The molecule has 5 nitrogen and oxygen atoms in total. The smallest absolute Gasteiger partial charge is 0.249 e. The third-order valence-corrected chi connectivity index (χ3v) is 3.54. The molecule has 1 fully saturated rings. The van der Waals surface area contributed by atoms with Gasteiger partial charge in [-0.25, -0.2) is 0 Å². The summed E-state index contributed by atoms with van der Waals surface area (Å²) in [6.45, 7) is 4.45. The highest BCUT2D eigenvalue weighted by Gasteiger charge is 2.32. The predicted octanol–water partition coefficient (Wildman–Crippen LogP) is 1.96. The van der Waals surface area contributed by atoms with E-state index in [-0.39, 0.29) is 11.8 Å². The number of amides is 2. The minimum atomic E-state index is -0.468. The number of hydrogen-bond acceptors (Lipinski definition) is 3. The zero-order valence-corrected chi connectivity index (χ0v) is 12.8. The summed E-state index contributed by atoms with van der Waals surface area (Å²) >= 11 is 0. The number of carbonyl (C=O) groups is 2. The summed E-state index contributed by atoms with van der Waals surface area (Å²) in [4.78, 5) is 26.2. The predicted molar refractivity (Wildman–Crippen MR) is 81.3 cm³/mol. The van der Waals surface area contributed by atoms with Crippen LogP contribution in [0.2, 0.25) is 0 Å². The van der Waals surface area contributed by atoms with Crippen LogP contribution >= 0.6 is 0 Å². The van der Waals surface area contributed by atoms with E-state index in [1.807, 2.05) is 38.1 Å². The Labute approximate surface area is 125 Å². The van der Waals surface area contributed by atoms with Crippen LogP contribution in [0.5, 0.6) is 5.75 Å². The van der Waals surface area contributed by atoms with Crippen LogP contribution in [-0.2, 0) is 9.59 Å². The minimum Gasteiger partial charge on any atom is -0.495 e. The van der Waals surface area contributed by atoms with Gasteiger partial charge in [-0.1, -0.05) is 26.0 Å². The average molecular weight is 290 g/mol. The number of ether oxygens (including phenoxy) is 1. The van der Waals surface area contributed by atoms with E-state index in [4.69, 9.17) is 4.74 Å². The lowest BCUT2D eigenvalue weighted by Crippen LogP contribution is -2.45. The van der Waals surface area contributed by atoms with Gasteiger partial charge in [0, 0.05) is 13.0 Å². The summed E-state index contributed by atoms with van der Waals surface area (Å²) in [6.07, 6.45) is 0.939. The van der Waals surface area contributed by atoms with Gasteiger partial charge in [-0.3, -0.25) is 9.59 Å². The highest BCUT2D eigenvalue weighted by Crippen LogP contribution is 2.29. The van der Waals surface area contributed by atoms with Gasteiger partial charge in [0.05, 0.1) is 12.8 Å². The van der Waals surface area contributed by atoms with Crippen molar-refractivity contribution in [3.8, 4) is 5.75 Å². The van der Waals surface area contributed by atoms with Crippen LogP contribution in [0.4, 0.5) is 5.69 Å². The first kappa shape index (κ1) is 15.4. The Balaban J connectivity index is 2.32. The van der Waals surface area contributed by atoms with Crippen LogP contribution in [0.25, 0.3) is 0 Å². The first-order valence-electron chi connectivity index (χ1n) is 7.26. The van der Waals surface area contributed by atoms with Gasteiger partial charge in [0.2, 0.25) is 11.8 Å². The highest BCUT2D eigenvalue weighted by molar-refractivity contribution is 6.02. The zero-order chi connectivity index (χ0) is 15.4. The number of methoxy groups -OCH3 is 1. The molecule has 1 heterocycles. The van der Waals surface area contributed by atoms with Gasteiger partial charge in [0.1, 0.15) is 11.8 Å². The van der Waals surface area contributed by atoms with Crippen LogP contribution in [0, 0.1) is 5.92 Å². The van der Waals surface area contributed by atoms with Crippen molar-refractivity contribution in [2.45, 2.75) is 32.7 Å². The molecule has 2 rings (SSSR count). The third-order valence-electron chi connectivity index (χ3n) is 3.54. The Bertz CT molecular complexity index is 528. The van der Waals surface area contributed by atoms with E-state index in [1.54, 1.807) is 12.0 Å². The van der Waals surface area contributed by atoms with Crippen LogP contribution in [-0.4, -0.2) is 31.5 Å². The van der Waals surface area contributed by atoms with Crippen molar-refractivity contribution in [3.63, 3.8) is 0 Å². The topological polar surface area (TPSA) is 58.6 Å². The number of carbonyl (C=O) groups excluding carboxylic acids is 2. The molecule has 1 aliphatic heterocycles. The molecule has 1 saturated heterocycles. The number of nitrogens with zero attached hydrogens (tertiary/aromatic N) is 1. The van der Waals surface area contributed by atoms with Crippen LogP contribution in [0.3, 0.4) is 0 Å². The lowest BCUT2D eigenvalue weighted by molar-refractivity contribution is -0.125. The molecule has 1 atom stereocenters. The first-order valence-corrected chi connectivity index (χ1v) is 7.26. The molecule has 1 N–H and O–H groups in total. The Morgan fingerprint density at radius 2 is 2.05 bits per heavy atom. The van der Waals surface area contributed by atoms with Crippen molar-refractivity contribution in [3.05, 3.63) is 24.3 Å². The summed E-state index contributed by atoms with van der Waals surface area (Å²) in [6, 6.07) is 6.92. The minimum absolute atomic E-state index is 0.0703. The van der Waals surface area contributed by atoms with Crippen molar-refractivity contribution in [2.24, 2.45) is 5.92 Å². The second kappa shape index (κ2) is 6.61. The molecular formula is C16H22N2O3. The molecule has 0 aromatic heterocycles. The molecule has 0 aliphatic carbocycles. The fraction of sp³-hybridized carbons (Fsp3) is 0.500. The van der Waals surface area contributed by atoms with E-state index in [2.05, 4.69) is 5.32 Å². The maximum absolute atomic E-state index is 12.8. The van der Waals surface area contributed by atoms with Crippen molar-refractivity contribution in [1.82, 2.24) is 5.32 Å². The Morgan fingerprint density at radius 3 is 2.71 bits per heavy atom. The molecule has 0 saturated carbocycles. The number of nitrogens with one attached hydrogen (secondary N) is 1. The van der Waals surface area contributed by atoms with Crippen molar-refractivity contribution in [1.29, 1.82) is 0 Å². The maximum atomic E-state index is 12.8. The lowest BCUT2D eigenvalue weighted by atomic mass is 10.0. The van der Waals surface area contributed by atoms with E-state index in [0.717, 1.165) is 5.69 Å². The molecule has 1 unspecified atom stereocenters. The van der Waals surface area contributed by atoms with Crippen LogP contribution < -0.4 is 15.0 Å². The molecule has 1 aromatic carbocycles. The summed E-state index contributed by atoms with van der Waals surface area (Å²) in [5.41, 5.74) is 0.718. The largest absolute Gasteiger partial charge is 0.495 e. The molecule has 1 aliphatic rings. The average Bonchev–Trinajstić information content (AvgIpc) is 2.58.